The zero-order valence-corrected chi connectivity index (χ0v) is 32.5. The van der Waals surface area contributed by atoms with Crippen molar-refractivity contribution in [2.24, 2.45) is 11.8 Å². The van der Waals surface area contributed by atoms with Crippen molar-refractivity contribution in [3.05, 3.63) is 42.2 Å². The van der Waals surface area contributed by atoms with Crippen molar-refractivity contribution in [3.8, 4) is 5.75 Å². The van der Waals surface area contributed by atoms with Gasteiger partial charge < -0.3 is 52.5 Å². The molecule has 11 atom stereocenters. The van der Waals surface area contributed by atoms with E-state index in [1.165, 1.54) is 37.3 Å². The number of carbonyl (C=O) groups excluding carboxylic acids is 7. The molecule has 3 aliphatic rings. The Bertz CT molecular complexity index is 1840. The fourth-order valence-electron chi connectivity index (χ4n) is 6.58. The van der Waals surface area contributed by atoms with Gasteiger partial charge >= 0.3 is 41.8 Å². The van der Waals surface area contributed by atoms with E-state index in [1.807, 2.05) is 0 Å². The molecule has 0 bridgehead atoms. The Balaban J connectivity index is 1.80. The molecule has 1 N–H and O–H groups in total. The Labute approximate surface area is 325 Å². The van der Waals surface area contributed by atoms with Crippen molar-refractivity contribution in [1.82, 2.24) is 0 Å². The second kappa shape index (κ2) is 18.4. The van der Waals surface area contributed by atoms with Gasteiger partial charge in [0.15, 0.2) is 18.3 Å². The molecule has 57 heavy (non-hydrogen) atoms. The highest BCUT2D eigenvalue weighted by Crippen LogP contribution is 2.50. The molecule has 1 aromatic carbocycles. The Hall–Kier alpha value is -5.16. The number of benzene rings is 1. The van der Waals surface area contributed by atoms with Gasteiger partial charge in [0.05, 0.1) is 24.0 Å². The first-order valence-electron chi connectivity index (χ1n) is 17.1. The van der Waals surface area contributed by atoms with Crippen molar-refractivity contribution in [2.45, 2.75) is 96.3 Å². The molecular weight excluding hydrogens is 788 g/mol. The van der Waals surface area contributed by atoms with Gasteiger partial charge in [0, 0.05) is 47.5 Å². The average molecular weight is 831 g/mol. The van der Waals surface area contributed by atoms with E-state index in [4.69, 9.17) is 51.6 Å². The van der Waals surface area contributed by atoms with Crippen LogP contribution < -0.4 is 4.74 Å². The van der Waals surface area contributed by atoms with Crippen molar-refractivity contribution in [1.29, 1.82) is 0 Å². The minimum Gasteiger partial charge on any atom is -0.472 e. The third-order valence-corrected chi connectivity index (χ3v) is 9.12. The van der Waals surface area contributed by atoms with E-state index in [2.05, 4.69) is 0 Å². The van der Waals surface area contributed by atoms with Crippen molar-refractivity contribution in [2.75, 3.05) is 19.5 Å². The first kappa shape index (κ1) is 44.6. The van der Waals surface area contributed by atoms with E-state index in [9.17, 15) is 47.1 Å². The molecule has 314 valence electrons. The van der Waals surface area contributed by atoms with Crippen LogP contribution in [0.5, 0.6) is 5.75 Å². The Kier molecular flexibility index (Phi) is 14.4. The summed E-state index contributed by atoms with van der Waals surface area (Å²) in [6, 6.07) is 5.09. The van der Waals surface area contributed by atoms with E-state index in [0.29, 0.717) is 6.26 Å². The second-order valence-electron chi connectivity index (χ2n) is 13.1. The van der Waals surface area contributed by atoms with Gasteiger partial charge in [-0.05, 0) is 30.3 Å². The molecule has 2 heterocycles. The lowest BCUT2D eigenvalue weighted by molar-refractivity contribution is -0.350. The minimum atomic E-state index is -4.49. The Morgan fingerprint density at radius 2 is 1.30 bits per heavy atom. The lowest BCUT2D eigenvalue weighted by Crippen LogP contribution is -2.64. The molecule has 2 aliphatic heterocycles. The first-order valence-corrected chi connectivity index (χ1v) is 18.9. The fourth-order valence-corrected chi connectivity index (χ4v) is 7.24. The van der Waals surface area contributed by atoms with E-state index >= 15 is 0 Å². The highest BCUT2D eigenvalue weighted by Gasteiger charge is 2.68. The molecule has 2 fully saturated rings. The maximum absolute atomic E-state index is 13.5. The van der Waals surface area contributed by atoms with Gasteiger partial charge in [-0.15, -0.1) is 0 Å². The summed E-state index contributed by atoms with van der Waals surface area (Å²) in [5.74, 6) is -8.90. The topological polar surface area (TPSA) is 275 Å². The number of aliphatic hydroxyl groups is 1. The van der Waals surface area contributed by atoms with Gasteiger partial charge in [-0.25, -0.2) is 4.79 Å². The summed E-state index contributed by atoms with van der Waals surface area (Å²) in [6.45, 7) is 4.68. The summed E-state index contributed by atoms with van der Waals surface area (Å²) in [7, 11) is -4.49. The van der Waals surface area contributed by atoms with E-state index < -0.39 is 132 Å². The quantitative estimate of drug-likeness (QED) is 0.112. The smallest absolute Gasteiger partial charge is 0.338 e. The fraction of sp³-hybridized carbons (Fsp3) is 0.571. The van der Waals surface area contributed by atoms with Crippen molar-refractivity contribution in [3.63, 3.8) is 0 Å². The SMILES string of the molecule is CC(=O)OC[C@H]1O[C@@H](O[C@@H]2OC=C[C@H]3[C@H](OC(=O)c4ccc(OC(C)=O)cc4)[C@@H](OS(C)(=O)=O)[C@](O)(COC(C)=O)[C@@H]23)[C@H](OC(C)=O)[C@@H](OC(C)=O)[C@@H]1OC(C)=O. The zero-order valence-electron chi connectivity index (χ0n) is 31.7. The summed E-state index contributed by atoms with van der Waals surface area (Å²) >= 11 is 0. The molecular formula is C35H42O21S. The molecule has 0 unspecified atom stereocenters. The molecule has 0 amide bonds. The number of ether oxygens (including phenoxy) is 10. The maximum Gasteiger partial charge on any atom is 0.338 e. The van der Waals surface area contributed by atoms with Crippen LogP contribution in [0.2, 0.25) is 0 Å². The van der Waals surface area contributed by atoms with Crippen LogP contribution in [0.15, 0.2) is 36.6 Å². The normalized spacial score (nSPS) is 30.4. The predicted octanol–water partition coefficient (Wildman–Crippen LogP) is -0.00800. The van der Waals surface area contributed by atoms with E-state index in [1.54, 1.807) is 0 Å². The summed E-state index contributed by atoms with van der Waals surface area (Å²) in [5.41, 5.74) is -2.73. The molecule has 21 nitrogen and oxygen atoms in total. The number of fused-ring (bicyclic) bond motifs is 1. The lowest BCUT2D eigenvalue weighted by Gasteiger charge is -2.46. The molecule has 1 aliphatic carbocycles. The molecule has 0 spiro atoms. The Morgan fingerprint density at radius 1 is 0.719 bits per heavy atom. The third kappa shape index (κ3) is 11.5. The molecule has 4 rings (SSSR count). The monoisotopic (exact) mass is 830 g/mol. The number of carbonyl (C=O) groups is 7. The van der Waals surface area contributed by atoms with Crippen LogP contribution in [-0.2, 0) is 85.7 Å². The molecule has 1 aromatic rings. The van der Waals surface area contributed by atoms with E-state index in [0.717, 1.165) is 40.9 Å². The van der Waals surface area contributed by atoms with Crippen molar-refractivity contribution >= 4 is 51.9 Å². The summed E-state index contributed by atoms with van der Waals surface area (Å²) in [4.78, 5) is 85.7. The summed E-state index contributed by atoms with van der Waals surface area (Å²) < 4.78 is 86.0. The Morgan fingerprint density at radius 3 is 1.84 bits per heavy atom. The lowest BCUT2D eigenvalue weighted by atomic mass is 9.83. The van der Waals surface area contributed by atoms with Crippen LogP contribution >= 0.6 is 0 Å². The highest BCUT2D eigenvalue weighted by molar-refractivity contribution is 7.86. The average Bonchev–Trinajstić information content (AvgIpc) is 3.31. The highest BCUT2D eigenvalue weighted by atomic mass is 32.2. The van der Waals surface area contributed by atoms with Gasteiger partial charge in [-0.2, -0.15) is 8.42 Å². The zero-order chi connectivity index (χ0) is 42.4. The number of hydrogen-bond acceptors (Lipinski definition) is 21. The molecule has 1 saturated carbocycles. The van der Waals surface area contributed by atoms with Crippen LogP contribution in [0.3, 0.4) is 0 Å². The van der Waals surface area contributed by atoms with Crippen LogP contribution in [0.25, 0.3) is 0 Å². The van der Waals surface area contributed by atoms with Gasteiger partial charge in [-0.1, -0.05) is 0 Å². The molecule has 1 saturated heterocycles. The van der Waals surface area contributed by atoms with Crippen LogP contribution in [-0.4, -0.2) is 130 Å². The van der Waals surface area contributed by atoms with Crippen LogP contribution in [0.1, 0.15) is 51.9 Å². The first-order chi connectivity index (χ1) is 26.6. The van der Waals surface area contributed by atoms with Crippen LogP contribution in [0.4, 0.5) is 0 Å². The number of hydrogen-bond donors (Lipinski definition) is 1. The minimum absolute atomic E-state index is 0.0997. The standard InChI is InChI=1S/C35H42O21S/c1-16(36)47-14-25-28(50-19(4)39)29(51-20(5)40)30(52-21(6)41)34(53-25)55-33-26-24(12-13-46-33)27(31(56-57(7,44)45)35(26,43)15-48-17(2)37)54-32(42)22-8-10-23(11-9-22)49-18(3)38/h8-13,24-31,33-34,43H,14-15H2,1-7H3/t24-,25-,26-,27+,28-,29+,30-,31-,33+,34+,35+/m1/s1. The van der Waals surface area contributed by atoms with Gasteiger partial charge in [-0.3, -0.25) is 33.0 Å². The molecule has 0 aromatic heterocycles. The third-order valence-electron chi connectivity index (χ3n) is 8.57. The van der Waals surface area contributed by atoms with Gasteiger partial charge in [0.1, 0.15) is 42.9 Å². The summed E-state index contributed by atoms with van der Waals surface area (Å²) in [6.07, 6.45) is -10.8. The molecule has 22 heteroatoms. The van der Waals surface area contributed by atoms with Gasteiger partial charge in [0.2, 0.25) is 12.6 Å². The van der Waals surface area contributed by atoms with Crippen molar-refractivity contribution < 1.29 is 98.6 Å². The number of rotatable bonds is 14. The second-order valence-corrected chi connectivity index (χ2v) is 14.7. The van der Waals surface area contributed by atoms with E-state index in [-0.39, 0.29) is 11.3 Å². The van der Waals surface area contributed by atoms with Crippen LogP contribution in [0, 0.1) is 11.8 Å². The largest absolute Gasteiger partial charge is 0.472 e. The summed E-state index contributed by atoms with van der Waals surface area (Å²) in [5, 5.41) is 12.4. The predicted molar refractivity (Wildman–Crippen MR) is 182 cm³/mol. The van der Waals surface area contributed by atoms with Gasteiger partial charge in [0.25, 0.3) is 10.1 Å². The molecule has 0 radical (unpaired) electrons. The number of esters is 7. The maximum atomic E-state index is 13.5.